The van der Waals surface area contributed by atoms with Crippen molar-refractivity contribution in [2.75, 3.05) is 5.32 Å². The summed E-state index contributed by atoms with van der Waals surface area (Å²) in [7, 11) is 0. The second-order valence-electron chi connectivity index (χ2n) is 4.36. The van der Waals surface area contributed by atoms with Crippen LogP contribution in [0.1, 0.15) is 31.9 Å². The molecule has 0 atom stereocenters. The molecule has 0 saturated carbocycles. The van der Waals surface area contributed by atoms with Crippen LogP contribution in [0.4, 0.5) is 9.80 Å². The molecule has 0 aliphatic heterocycles. The second kappa shape index (κ2) is 4.54. The number of ether oxygens (including phenoxy) is 1. The Morgan fingerprint density at radius 2 is 2.19 bits per heavy atom. The van der Waals surface area contributed by atoms with E-state index in [1.807, 2.05) is 12.3 Å². The van der Waals surface area contributed by atoms with Crippen LogP contribution in [0.3, 0.4) is 0 Å². The number of nitrogens with zero attached hydrogens (tertiary/aromatic N) is 1. The van der Waals surface area contributed by atoms with Gasteiger partial charge >= 0.3 is 6.09 Å². The lowest BCUT2D eigenvalue weighted by molar-refractivity contribution is 0.0636. The van der Waals surface area contributed by atoms with Crippen LogP contribution in [-0.2, 0) is 4.74 Å². The number of hydrogen-bond acceptors (Lipinski definition) is 4. The van der Waals surface area contributed by atoms with E-state index in [-0.39, 0.29) is 0 Å². The number of carbonyl (C=O) groups is 1. The van der Waals surface area contributed by atoms with Gasteiger partial charge in [0.25, 0.3) is 0 Å². The third-order valence-electron chi connectivity index (χ3n) is 1.70. The summed E-state index contributed by atoms with van der Waals surface area (Å²) >= 11 is 1.32. The molecule has 0 bridgehead atoms. The van der Waals surface area contributed by atoms with Crippen molar-refractivity contribution < 1.29 is 9.53 Å². The van der Waals surface area contributed by atoms with Gasteiger partial charge < -0.3 is 4.74 Å². The molecular formula is C11H14N2O2S. The maximum absolute atomic E-state index is 11.5. The molecule has 1 aromatic rings. The first-order chi connectivity index (χ1) is 7.33. The first-order valence-corrected chi connectivity index (χ1v) is 5.69. The predicted molar refractivity (Wildman–Crippen MR) is 63.6 cm³/mol. The number of nitrogens with one attached hydrogen (secondary N) is 1. The van der Waals surface area contributed by atoms with Crippen molar-refractivity contribution in [2.24, 2.45) is 0 Å². The van der Waals surface area contributed by atoms with E-state index in [2.05, 4.69) is 11.4 Å². The minimum atomic E-state index is -0.538. The fourth-order valence-corrected chi connectivity index (χ4v) is 1.95. The quantitative estimate of drug-likeness (QED) is 0.816. The standard InChI is InChI=1S/C11H14N2O2S/c1-7-6-16-9(8(7)5-12)13-10(14)15-11(2,3)4/h6H,1-4H3,(H,13,14). The number of amides is 1. The van der Waals surface area contributed by atoms with Gasteiger partial charge in [-0.1, -0.05) is 0 Å². The fourth-order valence-electron chi connectivity index (χ4n) is 1.07. The summed E-state index contributed by atoms with van der Waals surface area (Å²) in [6.07, 6.45) is -0.536. The van der Waals surface area contributed by atoms with Crippen LogP contribution < -0.4 is 5.32 Å². The van der Waals surface area contributed by atoms with E-state index in [0.29, 0.717) is 10.6 Å². The molecule has 1 heterocycles. The molecule has 86 valence electrons. The predicted octanol–water partition coefficient (Wildman–Crippen LogP) is 3.28. The second-order valence-corrected chi connectivity index (χ2v) is 5.24. The number of aryl methyl sites for hydroxylation is 1. The van der Waals surface area contributed by atoms with Crippen LogP contribution in [0.2, 0.25) is 0 Å². The van der Waals surface area contributed by atoms with Gasteiger partial charge in [0.1, 0.15) is 16.7 Å². The van der Waals surface area contributed by atoms with Gasteiger partial charge in [-0.3, -0.25) is 5.32 Å². The highest BCUT2D eigenvalue weighted by atomic mass is 32.1. The number of thiophene rings is 1. The Bertz CT molecular complexity index is 438. The van der Waals surface area contributed by atoms with Crippen molar-refractivity contribution in [3.63, 3.8) is 0 Å². The Balaban J connectivity index is 2.75. The van der Waals surface area contributed by atoms with Crippen LogP contribution in [0, 0.1) is 18.3 Å². The Morgan fingerprint density at radius 3 is 2.69 bits per heavy atom. The number of hydrogen-bond donors (Lipinski definition) is 1. The van der Waals surface area contributed by atoms with Gasteiger partial charge in [0.05, 0.1) is 5.56 Å². The van der Waals surface area contributed by atoms with Gasteiger partial charge in [-0.15, -0.1) is 11.3 Å². The summed E-state index contributed by atoms with van der Waals surface area (Å²) in [6.45, 7) is 7.20. The van der Waals surface area contributed by atoms with E-state index < -0.39 is 11.7 Å². The van der Waals surface area contributed by atoms with Crippen molar-refractivity contribution in [3.05, 3.63) is 16.5 Å². The minimum absolute atomic E-state index is 0.496. The molecule has 4 nitrogen and oxygen atoms in total. The normalized spacial score (nSPS) is 10.7. The number of carbonyl (C=O) groups excluding carboxylic acids is 1. The molecule has 1 rings (SSSR count). The van der Waals surface area contributed by atoms with Crippen LogP contribution in [-0.4, -0.2) is 11.7 Å². The third kappa shape index (κ3) is 3.24. The van der Waals surface area contributed by atoms with E-state index in [1.54, 1.807) is 20.8 Å². The van der Waals surface area contributed by atoms with Crippen molar-refractivity contribution in [2.45, 2.75) is 33.3 Å². The van der Waals surface area contributed by atoms with Crippen molar-refractivity contribution in [1.29, 1.82) is 5.26 Å². The van der Waals surface area contributed by atoms with Crippen molar-refractivity contribution in [3.8, 4) is 6.07 Å². The van der Waals surface area contributed by atoms with E-state index in [4.69, 9.17) is 10.00 Å². The summed E-state index contributed by atoms with van der Waals surface area (Å²) < 4.78 is 5.10. The third-order valence-corrected chi connectivity index (χ3v) is 2.71. The lowest BCUT2D eigenvalue weighted by atomic mass is 10.2. The molecule has 16 heavy (non-hydrogen) atoms. The molecule has 0 unspecified atom stereocenters. The van der Waals surface area contributed by atoms with E-state index in [1.165, 1.54) is 11.3 Å². The zero-order valence-corrected chi connectivity index (χ0v) is 10.6. The molecular weight excluding hydrogens is 224 g/mol. The minimum Gasteiger partial charge on any atom is -0.444 e. The Labute approximate surface area is 98.8 Å². The molecule has 1 amide bonds. The summed E-state index contributed by atoms with van der Waals surface area (Å²) in [4.78, 5) is 11.5. The zero-order chi connectivity index (χ0) is 12.3. The van der Waals surface area contributed by atoms with Gasteiger partial charge in [-0.05, 0) is 38.6 Å². The number of nitriles is 1. The largest absolute Gasteiger partial charge is 0.444 e. The molecule has 5 heteroatoms. The summed E-state index contributed by atoms with van der Waals surface area (Å²) in [6, 6.07) is 2.05. The summed E-state index contributed by atoms with van der Waals surface area (Å²) in [5, 5.41) is 13.8. The molecule has 0 radical (unpaired) electrons. The van der Waals surface area contributed by atoms with E-state index in [0.717, 1.165) is 5.56 Å². The molecule has 0 spiro atoms. The Morgan fingerprint density at radius 1 is 1.56 bits per heavy atom. The lowest BCUT2D eigenvalue weighted by Gasteiger charge is -2.19. The van der Waals surface area contributed by atoms with Gasteiger partial charge in [0, 0.05) is 0 Å². The van der Waals surface area contributed by atoms with Gasteiger partial charge in [0.2, 0.25) is 0 Å². The number of rotatable bonds is 1. The van der Waals surface area contributed by atoms with Crippen LogP contribution >= 0.6 is 11.3 Å². The number of anilines is 1. The molecule has 0 aliphatic carbocycles. The van der Waals surface area contributed by atoms with Gasteiger partial charge in [0.15, 0.2) is 0 Å². The van der Waals surface area contributed by atoms with E-state index in [9.17, 15) is 4.79 Å². The highest BCUT2D eigenvalue weighted by molar-refractivity contribution is 7.14. The monoisotopic (exact) mass is 238 g/mol. The molecule has 0 aromatic carbocycles. The Hall–Kier alpha value is -1.54. The molecule has 0 fully saturated rings. The highest BCUT2D eigenvalue weighted by Gasteiger charge is 2.18. The fraction of sp³-hybridized carbons (Fsp3) is 0.455. The average Bonchev–Trinajstić information content (AvgIpc) is 2.43. The van der Waals surface area contributed by atoms with Crippen LogP contribution in [0.5, 0.6) is 0 Å². The molecule has 0 aliphatic rings. The first kappa shape index (κ1) is 12.5. The van der Waals surface area contributed by atoms with Crippen molar-refractivity contribution >= 4 is 22.4 Å². The molecule has 1 N–H and O–H groups in total. The zero-order valence-electron chi connectivity index (χ0n) is 9.75. The molecule has 0 saturated heterocycles. The lowest BCUT2D eigenvalue weighted by Crippen LogP contribution is -2.27. The maximum atomic E-state index is 11.5. The van der Waals surface area contributed by atoms with Crippen LogP contribution in [0.25, 0.3) is 0 Å². The maximum Gasteiger partial charge on any atom is 0.412 e. The first-order valence-electron chi connectivity index (χ1n) is 4.81. The highest BCUT2D eigenvalue weighted by Crippen LogP contribution is 2.27. The molecule has 1 aromatic heterocycles. The average molecular weight is 238 g/mol. The van der Waals surface area contributed by atoms with Gasteiger partial charge in [-0.2, -0.15) is 5.26 Å². The van der Waals surface area contributed by atoms with Gasteiger partial charge in [-0.25, -0.2) is 4.79 Å². The van der Waals surface area contributed by atoms with Crippen molar-refractivity contribution in [1.82, 2.24) is 0 Å². The van der Waals surface area contributed by atoms with E-state index >= 15 is 0 Å². The SMILES string of the molecule is Cc1csc(NC(=O)OC(C)(C)C)c1C#N. The summed E-state index contributed by atoms with van der Waals surface area (Å²) in [5.74, 6) is 0. The van der Waals surface area contributed by atoms with Crippen LogP contribution in [0.15, 0.2) is 5.38 Å². The summed E-state index contributed by atoms with van der Waals surface area (Å²) in [5.41, 5.74) is 0.817. The smallest absolute Gasteiger partial charge is 0.412 e. The topological polar surface area (TPSA) is 62.1 Å². The Kier molecular flexibility index (Phi) is 3.55.